The number of aromatic nitrogens is 1. The third-order valence-corrected chi connectivity index (χ3v) is 4.57. The second kappa shape index (κ2) is 7.63. The minimum Gasteiger partial charge on any atom is -0.490 e. The molecule has 6 nitrogen and oxygen atoms in total. The molecular formula is C17H21N3O3S. The lowest BCUT2D eigenvalue weighted by molar-refractivity contribution is 0.153. The number of carbonyl (C=O) groups excluding carboxylic acids is 1. The molecule has 2 amide bonds. The van der Waals surface area contributed by atoms with Crippen molar-refractivity contribution >= 4 is 23.1 Å². The van der Waals surface area contributed by atoms with Crippen LogP contribution in [0.5, 0.6) is 5.75 Å². The van der Waals surface area contributed by atoms with E-state index in [9.17, 15) is 4.79 Å². The Morgan fingerprint density at radius 1 is 1.54 bits per heavy atom. The molecule has 0 fully saturated rings. The van der Waals surface area contributed by atoms with E-state index in [4.69, 9.17) is 9.47 Å². The fraction of sp³-hybridized carbons (Fsp3) is 0.412. The van der Waals surface area contributed by atoms with Crippen LogP contribution in [0, 0.1) is 0 Å². The molecule has 1 N–H and O–H groups in total. The highest BCUT2D eigenvalue weighted by molar-refractivity contribution is 7.09. The van der Waals surface area contributed by atoms with Crippen molar-refractivity contribution in [2.45, 2.75) is 26.0 Å². The second-order valence-electron chi connectivity index (χ2n) is 5.73. The number of methoxy groups -OCH3 is 1. The van der Waals surface area contributed by atoms with E-state index in [1.165, 1.54) is 11.3 Å². The lowest BCUT2D eigenvalue weighted by atomic mass is 10.1. The van der Waals surface area contributed by atoms with E-state index in [2.05, 4.69) is 10.3 Å². The Kier molecular flexibility index (Phi) is 5.32. The summed E-state index contributed by atoms with van der Waals surface area (Å²) in [5.41, 5.74) is 1.90. The zero-order valence-electron chi connectivity index (χ0n) is 13.8. The van der Waals surface area contributed by atoms with Gasteiger partial charge < -0.3 is 19.7 Å². The summed E-state index contributed by atoms with van der Waals surface area (Å²) in [6.45, 7) is 3.50. The van der Waals surface area contributed by atoms with Gasteiger partial charge in [0.15, 0.2) is 0 Å². The van der Waals surface area contributed by atoms with Gasteiger partial charge in [0.05, 0.1) is 13.2 Å². The zero-order chi connectivity index (χ0) is 16.9. The highest BCUT2D eigenvalue weighted by Crippen LogP contribution is 2.31. The molecule has 2 aromatic rings. The van der Waals surface area contributed by atoms with Crippen LogP contribution >= 0.6 is 11.3 Å². The van der Waals surface area contributed by atoms with Gasteiger partial charge in [-0.05, 0) is 30.7 Å². The number of rotatable bonds is 6. The first-order valence-corrected chi connectivity index (χ1v) is 8.76. The largest absolute Gasteiger partial charge is 0.490 e. The number of nitrogens with zero attached hydrogens (tertiary/aromatic N) is 2. The molecule has 1 aromatic carbocycles. The number of thiazole rings is 1. The van der Waals surface area contributed by atoms with E-state index >= 15 is 0 Å². The van der Waals surface area contributed by atoms with Crippen LogP contribution in [0.3, 0.4) is 0 Å². The fourth-order valence-electron chi connectivity index (χ4n) is 2.65. The summed E-state index contributed by atoms with van der Waals surface area (Å²) in [5, 5.41) is 5.77. The molecule has 2 heterocycles. The third-order valence-electron chi connectivity index (χ3n) is 3.81. The molecule has 1 aromatic heterocycles. The number of hydrogen-bond acceptors (Lipinski definition) is 5. The van der Waals surface area contributed by atoms with Crippen LogP contribution in [0.4, 0.5) is 10.5 Å². The smallest absolute Gasteiger partial charge is 0.322 e. The average Bonchev–Trinajstić information content (AvgIpc) is 3.19. The summed E-state index contributed by atoms with van der Waals surface area (Å²) in [6, 6.07) is 5.60. The van der Waals surface area contributed by atoms with Crippen molar-refractivity contribution in [2.24, 2.45) is 0 Å². The van der Waals surface area contributed by atoms with Crippen molar-refractivity contribution in [3.63, 3.8) is 0 Å². The predicted molar refractivity (Wildman–Crippen MR) is 93.7 cm³/mol. The molecule has 0 unspecified atom stereocenters. The highest BCUT2D eigenvalue weighted by Gasteiger charge is 2.20. The van der Waals surface area contributed by atoms with Gasteiger partial charge in [0, 0.05) is 37.3 Å². The lowest BCUT2D eigenvalue weighted by Crippen LogP contribution is -2.36. The van der Waals surface area contributed by atoms with Crippen LogP contribution in [0.1, 0.15) is 17.5 Å². The summed E-state index contributed by atoms with van der Waals surface area (Å²) in [6.07, 6.45) is 2.80. The Morgan fingerprint density at radius 3 is 3.17 bits per heavy atom. The predicted octanol–water partition coefficient (Wildman–Crippen LogP) is 3.15. The molecule has 0 bridgehead atoms. The van der Waals surface area contributed by atoms with Crippen molar-refractivity contribution in [1.29, 1.82) is 0 Å². The number of nitrogens with one attached hydrogen (secondary N) is 1. The number of hydrogen-bond donors (Lipinski definition) is 1. The van der Waals surface area contributed by atoms with E-state index in [0.717, 1.165) is 28.4 Å². The normalized spacial score (nSPS) is 15.7. The van der Waals surface area contributed by atoms with Gasteiger partial charge >= 0.3 is 6.03 Å². The molecule has 1 aliphatic heterocycles. The van der Waals surface area contributed by atoms with E-state index < -0.39 is 0 Å². The molecule has 128 valence electrons. The number of fused-ring (bicyclic) bond motifs is 1. The summed E-state index contributed by atoms with van der Waals surface area (Å²) >= 11 is 1.53. The van der Waals surface area contributed by atoms with E-state index in [0.29, 0.717) is 19.7 Å². The monoisotopic (exact) mass is 347 g/mol. The van der Waals surface area contributed by atoms with Crippen molar-refractivity contribution in [1.82, 2.24) is 9.88 Å². The number of ether oxygens (including phenoxy) is 2. The molecule has 0 saturated heterocycles. The summed E-state index contributed by atoms with van der Waals surface area (Å²) < 4.78 is 10.8. The van der Waals surface area contributed by atoms with Crippen molar-refractivity contribution in [2.75, 3.05) is 25.6 Å². The van der Waals surface area contributed by atoms with Crippen LogP contribution < -0.4 is 10.1 Å². The Labute approximate surface area is 145 Å². The van der Waals surface area contributed by atoms with Crippen LogP contribution in [0.25, 0.3) is 0 Å². The van der Waals surface area contributed by atoms with Crippen LogP contribution in [-0.2, 0) is 17.7 Å². The number of anilines is 1. The zero-order valence-corrected chi connectivity index (χ0v) is 14.6. The van der Waals surface area contributed by atoms with Crippen molar-refractivity contribution < 1.29 is 14.3 Å². The van der Waals surface area contributed by atoms with E-state index in [1.807, 2.05) is 30.5 Å². The summed E-state index contributed by atoms with van der Waals surface area (Å²) in [7, 11) is 1.63. The number of carbonyl (C=O) groups is 1. The maximum absolute atomic E-state index is 12.6. The molecule has 0 saturated carbocycles. The summed E-state index contributed by atoms with van der Waals surface area (Å²) in [5.74, 6) is 0.902. The van der Waals surface area contributed by atoms with Gasteiger partial charge in [-0.1, -0.05) is 0 Å². The van der Waals surface area contributed by atoms with Gasteiger partial charge in [-0.15, -0.1) is 11.3 Å². The third kappa shape index (κ3) is 4.04. The van der Waals surface area contributed by atoms with Gasteiger partial charge in [-0.25, -0.2) is 9.78 Å². The molecule has 0 spiro atoms. The molecule has 0 aliphatic carbocycles. The van der Waals surface area contributed by atoms with Crippen LogP contribution in [0.15, 0.2) is 29.8 Å². The maximum Gasteiger partial charge on any atom is 0.322 e. The minimum absolute atomic E-state index is 0.158. The van der Waals surface area contributed by atoms with Crippen molar-refractivity contribution in [3.05, 3.63) is 40.3 Å². The van der Waals surface area contributed by atoms with Gasteiger partial charge in [0.1, 0.15) is 16.9 Å². The minimum atomic E-state index is -0.158. The molecular weight excluding hydrogens is 326 g/mol. The first kappa shape index (κ1) is 16.7. The standard InChI is InChI=1S/C17H21N3O3S/c1-12-9-13-10-14(3-4-15(13)23-12)19-17(21)20(6-7-22-2)11-16-18-5-8-24-16/h3-5,8,10,12H,6-7,9,11H2,1-2H3,(H,19,21)/t12-/m0/s1. The Morgan fingerprint density at radius 2 is 2.42 bits per heavy atom. The Hall–Kier alpha value is -2.12. The first-order valence-electron chi connectivity index (χ1n) is 7.88. The quantitative estimate of drug-likeness (QED) is 0.872. The molecule has 24 heavy (non-hydrogen) atoms. The number of benzene rings is 1. The lowest BCUT2D eigenvalue weighted by Gasteiger charge is -2.22. The molecule has 0 radical (unpaired) electrons. The van der Waals surface area contributed by atoms with E-state index in [-0.39, 0.29) is 12.1 Å². The Bertz CT molecular complexity index is 690. The van der Waals surface area contributed by atoms with Gasteiger partial charge in [0.25, 0.3) is 0 Å². The number of amides is 2. The molecule has 7 heteroatoms. The van der Waals surface area contributed by atoms with E-state index in [1.54, 1.807) is 18.2 Å². The van der Waals surface area contributed by atoms with Crippen LogP contribution in [-0.4, -0.2) is 42.3 Å². The maximum atomic E-state index is 12.6. The SMILES string of the molecule is COCCN(Cc1nccs1)C(=O)Nc1ccc2c(c1)C[C@H](C)O2. The van der Waals surface area contributed by atoms with Crippen molar-refractivity contribution in [3.8, 4) is 5.75 Å². The topological polar surface area (TPSA) is 63.7 Å². The van der Waals surface area contributed by atoms with Crippen LogP contribution in [0.2, 0.25) is 0 Å². The average molecular weight is 347 g/mol. The van der Waals surface area contributed by atoms with Gasteiger partial charge in [-0.2, -0.15) is 0 Å². The molecule has 1 atom stereocenters. The fourth-order valence-corrected chi connectivity index (χ4v) is 3.28. The van der Waals surface area contributed by atoms with Gasteiger partial charge in [0.2, 0.25) is 0 Å². The molecule has 1 aliphatic rings. The number of urea groups is 1. The highest BCUT2D eigenvalue weighted by atomic mass is 32.1. The first-order chi connectivity index (χ1) is 11.7. The molecule has 3 rings (SSSR count). The second-order valence-corrected chi connectivity index (χ2v) is 6.70. The van der Waals surface area contributed by atoms with Gasteiger partial charge in [-0.3, -0.25) is 0 Å². The summed E-state index contributed by atoms with van der Waals surface area (Å²) in [4.78, 5) is 18.6. The Balaban J connectivity index is 1.67.